The van der Waals surface area contributed by atoms with Crippen LogP contribution in [0.1, 0.15) is 19.8 Å². The van der Waals surface area contributed by atoms with Gasteiger partial charge in [-0.1, -0.05) is 19.1 Å². The first-order valence-corrected chi connectivity index (χ1v) is 8.61. The maximum absolute atomic E-state index is 12.6. The Morgan fingerprint density at radius 3 is 2.88 bits per heavy atom. The number of piperidine rings is 1. The molecule has 3 rings (SSSR count). The van der Waals surface area contributed by atoms with Crippen LogP contribution in [0.3, 0.4) is 0 Å². The minimum Gasteiger partial charge on any atom is -0.389 e. The number of rotatable bonds is 5. The summed E-state index contributed by atoms with van der Waals surface area (Å²) in [5.74, 6) is -0.158. The van der Waals surface area contributed by atoms with E-state index in [2.05, 4.69) is 5.10 Å². The SMILES string of the molecule is COCC[C@]1(O)CCN(C(=O)Cn2[nH]c3ccccc3c2=O)C[C@H]1C. The average molecular weight is 347 g/mol. The molecule has 1 aliphatic rings. The number of nitrogens with zero attached hydrogens (tertiary/aromatic N) is 2. The molecule has 25 heavy (non-hydrogen) atoms. The third-order valence-electron chi connectivity index (χ3n) is 5.27. The Morgan fingerprint density at radius 2 is 2.20 bits per heavy atom. The minimum atomic E-state index is -0.801. The minimum absolute atomic E-state index is 0.0171. The van der Waals surface area contributed by atoms with E-state index in [0.717, 1.165) is 5.52 Å². The number of hydrogen-bond acceptors (Lipinski definition) is 4. The molecule has 2 atom stereocenters. The zero-order valence-corrected chi connectivity index (χ0v) is 14.7. The number of aromatic nitrogens is 2. The van der Waals surface area contributed by atoms with Gasteiger partial charge < -0.3 is 14.7 Å². The van der Waals surface area contributed by atoms with Gasteiger partial charge in [-0.3, -0.25) is 14.7 Å². The van der Waals surface area contributed by atoms with Crippen molar-refractivity contribution in [1.82, 2.24) is 14.7 Å². The molecule has 2 N–H and O–H groups in total. The van der Waals surface area contributed by atoms with Gasteiger partial charge in [0.2, 0.25) is 5.91 Å². The fourth-order valence-corrected chi connectivity index (χ4v) is 3.50. The van der Waals surface area contributed by atoms with Crippen LogP contribution in [0.4, 0.5) is 0 Å². The number of ether oxygens (including phenoxy) is 1. The zero-order valence-electron chi connectivity index (χ0n) is 14.7. The van der Waals surface area contributed by atoms with Crippen LogP contribution in [0.25, 0.3) is 10.9 Å². The summed E-state index contributed by atoms with van der Waals surface area (Å²) >= 11 is 0. The molecule has 1 aromatic heterocycles. The largest absolute Gasteiger partial charge is 0.389 e. The molecular formula is C18H25N3O4. The average Bonchev–Trinajstić information content (AvgIpc) is 2.92. The van der Waals surface area contributed by atoms with Gasteiger partial charge in [0.1, 0.15) is 6.54 Å². The smallest absolute Gasteiger partial charge is 0.274 e. The lowest BCUT2D eigenvalue weighted by Gasteiger charge is -2.43. The van der Waals surface area contributed by atoms with E-state index in [9.17, 15) is 14.7 Å². The maximum Gasteiger partial charge on any atom is 0.274 e. The second-order valence-corrected chi connectivity index (χ2v) is 6.89. The van der Waals surface area contributed by atoms with E-state index in [1.165, 1.54) is 4.68 Å². The number of benzene rings is 1. The molecule has 0 spiro atoms. The van der Waals surface area contributed by atoms with Gasteiger partial charge in [0.25, 0.3) is 5.56 Å². The zero-order chi connectivity index (χ0) is 18.0. The number of para-hydroxylation sites is 1. The predicted molar refractivity (Wildman–Crippen MR) is 94.4 cm³/mol. The first kappa shape index (κ1) is 17.7. The van der Waals surface area contributed by atoms with Gasteiger partial charge in [-0.05, 0) is 25.0 Å². The van der Waals surface area contributed by atoms with Crippen molar-refractivity contribution in [3.05, 3.63) is 34.6 Å². The van der Waals surface area contributed by atoms with Gasteiger partial charge in [-0.25, -0.2) is 4.68 Å². The summed E-state index contributed by atoms with van der Waals surface area (Å²) in [6, 6.07) is 7.21. The van der Waals surface area contributed by atoms with Crippen LogP contribution in [0.15, 0.2) is 29.1 Å². The van der Waals surface area contributed by atoms with Crippen molar-refractivity contribution >= 4 is 16.8 Å². The molecule has 1 saturated heterocycles. The fourth-order valence-electron chi connectivity index (χ4n) is 3.50. The van der Waals surface area contributed by atoms with Crippen LogP contribution in [-0.4, -0.2) is 58.1 Å². The lowest BCUT2D eigenvalue weighted by atomic mass is 9.80. The molecule has 1 fully saturated rings. The summed E-state index contributed by atoms with van der Waals surface area (Å²) in [5, 5.41) is 14.3. The van der Waals surface area contributed by atoms with Crippen molar-refractivity contribution < 1.29 is 14.6 Å². The maximum atomic E-state index is 12.6. The van der Waals surface area contributed by atoms with E-state index in [0.29, 0.717) is 37.9 Å². The molecule has 0 bridgehead atoms. The van der Waals surface area contributed by atoms with Crippen molar-refractivity contribution in [2.75, 3.05) is 26.8 Å². The molecule has 0 aliphatic carbocycles. The van der Waals surface area contributed by atoms with Crippen molar-refractivity contribution in [2.24, 2.45) is 5.92 Å². The molecule has 2 heterocycles. The summed E-state index contributed by atoms with van der Waals surface area (Å²) in [7, 11) is 1.62. The van der Waals surface area contributed by atoms with Crippen LogP contribution in [-0.2, 0) is 16.1 Å². The number of carbonyl (C=O) groups excluding carboxylic acids is 1. The standard InChI is InChI=1S/C18H25N3O4/c1-13-11-20(9-7-18(13,24)8-10-25-2)16(22)12-21-17(23)14-5-3-4-6-15(14)19-21/h3-6,13,19,24H,7-12H2,1-2H3/t13-,18-/m1/s1. The first-order valence-electron chi connectivity index (χ1n) is 8.61. The second-order valence-electron chi connectivity index (χ2n) is 6.89. The van der Waals surface area contributed by atoms with Crippen LogP contribution in [0.5, 0.6) is 0 Å². The Kier molecular flexibility index (Phi) is 4.96. The van der Waals surface area contributed by atoms with Crippen molar-refractivity contribution in [3.63, 3.8) is 0 Å². The number of amides is 1. The van der Waals surface area contributed by atoms with Crippen molar-refractivity contribution in [3.8, 4) is 0 Å². The van der Waals surface area contributed by atoms with Crippen molar-refractivity contribution in [1.29, 1.82) is 0 Å². The lowest BCUT2D eigenvalue weighted by molar-refractivity contribution is -0.141. The third-order valence-corrected chi connectivity index (χ3v) is 5.27. The highest BCUT2D eigenvalue weighted by Gasteiger charge is 2.39. The molecule has 1 aliphatic heterocycles. The molecular weight excluding hydrogens is 322 g/mol. The Bertz CT molecular complexity index is 812. The number of H-pyrrole nitrogens is 1. The van der Waals surface area contributed by atoms with Gasteiger partial charge in [0.15, 0.2) is 0 Å². The predicted octanol–water partition coefficient (Wildman–Crippen LogP) is 0.966. The molecule has 0 radical (unpaired) electrons. The van der Waals surface area contributed by atoms with Crippen LogP contribution in [0.2, 0.25) is 0 Å². The highest BCUT2D eigenvalue weighted by atomic mass is 16.5. The fraction of sp³-hybridized carbons (Fsp3) is 0.556. The summed E-state index contributed by atoms with van der Waals surface area (Å²) in [6.45, 7) is 3.40. The van der Waals surface area contributed by atoms with E-state index < -0.39 is 5.60 Å². The van der Waals surface area contributed by atoms with E-state index in [4.69, 9.17) is 4.74 Å². The Hall–Kier alpha value is -2.12. The molecule has 1 amide bonds. The summed E-state index contributed by atoms with van der Waals surface area (Å²) in [4.78, 5) is 26.7. The Morgan fingerprint density at radius 1 is 1.44 bits per heavy atom. The summed E-state index contributed by atoms with van der Waals surface area (Å²) in [6.07, 6.45) is 1.08. The quantitative estimate of drug-likeness (QED) is 0.843. The van der Waals surface area contributed by atoms with E-state index in [-0.39, 0.29) is 23.9 Å². The number of likely N-dealkylation sites (tertiary alicyclic amines) is 1. The van der Waals surface area contributed by atoms with Crippen molar-refractivity contribution in [2.45, 2.75) is 31.9 Å². The molecule has 0 saturated carbocycles. The van der Waals surface area contributed by atoms with Gasteiger partial charge in [0.05, 0.1) is 16.5 Å². The normalized spacial score (nSPS) is 24.0. The van der Waals surface area contributed by atoms with Crippen LogP contribution >= 0.6 is 0 Å². The lowest BCUT2D eigenvalue weighted by Crippen LogP contribution is -2.53. The number of nitrogens with one attached hydrogen (secondary N) is 1. The summed E-state index contributed by atoms with van der Waals surface area (Å²) < 4.78 is 6.42. The Balaban J connectivity index is 1.68. The highest BCUT2D eigenvalue weighted by molar-refractivity contribution is 5.79. The van der Waals surface area contributed by atoms with Crippen LogP contribution < -0.4 is 5.56 Å². The highest BCUT2D eigenvalue weighted by Crippen LogP contribution is 2.31. The van der Waals surface area contributed by atoms with E-state index in [1.807, 2.05) is 19.1 Å². The number of carbonyl (C=O) groups is 1. The topological polar surface area (TPSA) is 87.6 Å². The number of hydrogen-bond donors (Lipinski definition) is 2. The number of aromatic amines is 1. The molecule has 1 aromatic carbocycles. The molecule has 7 nitrogen and oxygen atoms in total. The summed E-state index contributed by atoms with van der Waals surface area (Å²) in [5.41, 5.74) is -0.267. The number of fused-ring (bicyclic) bond motifs is 1. The monoisotopic (exact) mass is 347 g/mol. The molecule has 7 heteroatoms. The number of aliphatic hydroxyl groups is 1. The van der Waals surface area contributed by atoms with Gasteiger partial charge in [-0.2, -0.15) is 0 Å². The van der Waals surface area contributed by atoms with Crippen LogP contribution in [0, 0.1) is 5.92 Å². The van der Waals surface area contributed by atoms with Gasteiger partial charge >= 0.3 is 0 Å². The van der Waals surface area contributed by atoms with E-state index in [1.54, 1.807) is 24.1 Å². The molecule has 0 unspecified atom stereocenters. The second kappa shape index (κ2) is 7.01. The molecule has 136 valence electrons. The molecule has 2 aromatic rings. The van der Waals surface area contributed by atoms with E-state index >= 15 is 0 Å². The van der Waals surface area contributed by atoms with Gasteiger partial charge in [0, 0.05) is 32.7 Å². The Labute approximate surface area is 146 Å². The first-order chi connectivity index (χ1) is 11.9. The van der Waals surface area contributed by atoms with Gasteiger partial charge in [-0.15, -0.1) is 0 Å². The third kappa shape index (κ3) is 3.48. The number of methoxy groups -OCH3 is 1.